The first-order chi connectivity index (χ1) is 10.2. The van der Waals surface area contributed by atoms with Crippen molar-refractivity contribution in [2.75, 3.05) is 19.8 Å². The van der Waals surface area contributed by atoms with Gasteiger partial charge in [-0.2, -0.15) is 9.61 Å². The average Bonchev–Trinajstić information content (AvgIpc) is 3.14. The van der Waals surface area contributed by atoms with Crippen LogP contribution in [0.2, 0.25) is 0 Å². The smallest absolute Gasteiger partial charge is 0.315 e. The van der Waals surface area contributed by atoms with E-state index >= 15 is 0 Å². The third kappa shape index (κ3) is 2.65. The molecule has 2 unspecified atom stereocenters. The number of aromatic nitrogens is 4. The van der Waals surface area contributed by atoms with Gasteiger partial charge < -0.3 is 9.47 Å². The molecule has 0 N–H and O–H groups in total. The highest BCUT2D eigenvalue weighted by molar-refractivity contribution is 7.16. The van der Waals surface area contributed by atoms with Gasteiger partial charge in [0, 0.05) is 12.5 Å². The predicted molar refractivity (Wildman–Crippen MR) is 76.5 cm³/mol. The first-order valence-corrected chi connectivity index (χ1v) is 8.02. The van der Waals surface area contributed by atoms with Crippen molar-refractivity contribution in [1.29, 1.82) is 0 Å². The highest BCUT2D eigenvalue weighted by atomic mass is 32.1. The molecule has 7 nitrogen and oxygen atoms in total. The zero-order valence-corrected chi connectivity index (χ0v) is 12.9. The Bertz CT molecular complexity index is 632. The van der Waals surface area contributed by atoms with Gasteiger partial charge in [-0.1, -0.05) is 18.3 Å². The van der Waals surface area contributed by atoms with Crippen molar-refractivity contribution in [2.24, 2.45) is 0 Å². The summed E-state index contributed by atoms with van der Waals surface area (Å²) in [4.78, 5) is 12.7. The molecule has 1 aliphatic heterocycles. The van der Waals surface area contributed by atoms with E-state index in [-0.39, 0.29) is 17.8 Å². The van der Waals surface area contributed by atoms with E-state index in [1.807, 2.05) is 6.92 Å². The van der Waals surface area contributed by atoms with E-state index in [9.17, 15) is 4.79 Å². The first-order valence-electron chi connectivity index (χ1n) is 7.21. The lowest BCUT2D eigenvalue weighted by Crippen LogP contribution is -2.15. The summed E-state index contributed by atoms with van der Waals surface area (Å²) in [6, 6.07) is 0. The summed E-state index contributed by atoms with van der Waals surface area (Å²) in [5.41, 5.74) is 0. The Hall–Kier alpha value is -1.54. The van der Waals surface area contributed by atoms with E-state index in [4.69, 9.17) is 9.47 Å². The molecule has 114 valence electrons. The zero-order valence-electron chi connectivity index (χ0n) is 12.1. The van der Waals surface area contributed by atoms with Gasteiger partial charge in [-0.15, -0.1) is 10.2 Å². The first kappa shape index (κ1) is 14.4. The second-order valence-electron chi connectivity index (χ2n) is 4.97. The molecule has 1 saturated heterocycles. The Morgan fingerprint density at radius 3 is 3.05 bits per heavy atom. The number of carbonyl (C=O) groups is 1. The van der Waals surface area contributed by atoms with Crippen LogP contribution in [0, 0.1) is 0 Å². The number of carbonyl (C=O) groups excluding carboxylic acids is 1. The second kappa shape index (κ2) is 6.07. The van der Waals surface area contributed by atoms with Crippen LogP contribution in [0.15, 0.2) is 0 Å². The third-order valence-electron chi connectivity index (χ3n) is 3.60. The van der Waals surface area contributed by atoms with Gasteiger partial charge in [0.05, 0.1) is 13.2 Å². The summed E-state index contributed by atoms with van der Waals surface area (Å²) in [7, 11) is 0. The molecule has 2 aromatic heterocycles. The predicted octanol–water partition coefficient (Wildman–Crippen LogP) is 1.75. The van der Waals surface area contributed by atoms with Crippen LogP contribution in [0.3, 0.4) is 0 Å². The Morgan fingerprint density at radius 2 is 2.38 bits per heavy atom. The molecule has 0 saturated carbocycles. The third-order valence-corrected chi connectivity index (χ3v) is 4.62. The standard InChI is InChI=1S/C13H18N4O3S/c1-3-9(12(18)20-4-2)11-16-17-10(8-5-6-19-7-8)14-15-13(17)21-11/h8-9H,3-7H2,1-2H3. The molecule has 21 heavy (non-hydrogen) atoms. The van der Waals surface area contributed by atoms with Crippen molar-refractivity contribution in [2.45, 2.75) is 38.5 Å². The Balaban J connectivity index is 1.91. The van der Waals surface area contributed by atoms with Gasteiger partial charge in [0.2, 0.25) is 4.96 Å². The molecule has 1 fully saturated rings. The van der Waals surface area contributed by atoms with Crippen LogP contribution in [-0.2, 0) is 14.3 Å². The Kier molecular flexibility index (Phi) is 4.16. The molecule has 3 rings (SSSR count). The lowest BCUT2D eigenvalue weighted by Gasteiger charge is -2.09. The number of hydrogen-bond acceptors (Lipinski definition) is 7. The van der Waals surface area contributed by atoms with Gasteiger partial charge in [-0.25, -0.2) is 0 Å². The van der Waals surface area contributed by atoms with Crippen LogP contribution in [0.4, 0.5) is 0 Å². The summed E-state index contributed by atoms with van der Waals surface area (Å²) in [6.45, 7) is 5.54. The molecular formula is C13H18N4O3S. The highest BCUT2D eigenvalue weighted by Crippen LogP contribution is 2.29. The Labute approximate surface area is 126 Å². The summed E-state index contributed by atoms with van der Waals surface area (Å²) < 4.78 is 12.3. The fourth-order valence-electron chi connectivity index (χ4n) is 2.47. The fourth-order valence-corrected chi connectivity index (χ4v) is 3.48. The molecule has 0 amide bonds. The van der Waals surface area contributed by atoms with E-state index < -0.39 is 0 Å². The number of ether oxygens (including phenoxy) is 2. The normalized spacial score (nSPS) is 20.0. The summed E-state index contributed by atoms with van der Waals surface area (Å²) >= 11 is 1.40. The summed E-state index contributed by atoms with van der Waals surface area (Å²) in [6.07, 6.45) is 1.59. The van der Waals surface area contributed by atoms with Crippen LogP contribution < -0.4 is 0 Å². The van der Waals surface area contributed by atoms with Crippen LogP contribution >= 0.6 is 11.3 Å². The molecule has 1 aliphatic rings. The molecule has 0 bridgehead atoms. The molecule has 0 aliphatic carbocycles. The number of rotatable bonds is 5. The molecule has 0 aromatic carbocycles. The molecule has 2 aromatic rings. The van der Waals surface area contributed by atoms with Crippen molar-refractivity contribution in [1.82, 2.24) is 19.8 Å². The number of nitrogens with zero attached hydrogens (tertiary/aromatic N) is 4. The van der Waals surface area contributed by atoms with Crippen molar-refractivity contribution < 1.29 is 14.3 Å². The minimum absolute atomic E-state index is 0.226. The SMILES string of the molecule is CCOC(=O)C(CC)c1nn2c(C3CCOC3)nnc2s1. The van der Waals surface area contributed by atoms with Gasteiger partial charge in [-0.3, -0.25) is 4.79 Å². The van der Waals surface area contributed by atoms with Crippen molar-refractivity contribution in [3.63, 3.8) is 0 Å². The fraction of sp³-hybridized carbons (Fsp3) is 0.692. The Morgan fingerprint density at radius 1 is 1.52 bits per heavy atom. The lowest BCUT2D eigenvalue weighted by atomic mass is 10.1. The van der Waals surface area contributed by atoms with Gasteiger partial charge >= 0.3 is 5.97 Å². The lowest BCUT2D eigenvalue weighted by molar-refractivity contribution is -0.145. The van der Waals surface area contributed by atoms with Gasteiger partial charge in [-0.05, 0) is 19.8 Å². The van der Waals surface area contributed by atoms with E-state index in [1.54, 1.807) is 11.4 Å². The van der Waals surface area contributed by atoms with Crippen molar-refractivity contribution >= 4 is 22.3 Å². The van der Waals surface area contributed by atoms with E-state index in [0.29, 0.717) is 19.6 Å². The van der Waals surface area contributed by atoms with E-state index in [1.165, 1.54) is 11.3 Å². The van der Waals surface area contributed by atoms with E-state index in [0.717, 1.165) is 28.8 Å². The maximum Gasteiger partial charge on any atom is 0.315 e. The number of hydrogen-bond donors (Lipinski definition) is 0. The molecule has 3 heterocycles. The number of fused-ring (bicyclic) bond motifs is 1. The van der Waals surface area contributed by atoms with Gasteiger partial charge in [0.1, 0.15) is 10.9 Å². The zero-order chi connectivity index (χ0) is 14.8. The molecule has 0 spiro atoms. The maximum absolute atomic E-state index is 12.0. The largest absolute Gasteiger partial charge is 0.465 e. The summed E-state index contributed by atoms with van der Waals surface area (Å²) in [5, 5.41) is 13.7. The van der Waals surface area contributed by atoms with Crippen LogP contribution in [0.5, 0.6) is 0 Å². The molecular weight excluding hydrogens is 292 g/mol. The van der Waals surface area contributed by atoms with E-state index in [2.05, 4.69) is 15.3 Å². The van der Waals surface area contributed by atoms with Gasteiger partial charge in [0.25, 0.3) is 0 Å². The average molecular weight is 310 g/mol. The minimum Gasteiger partial charge on any atom is -0.465 e. The van der Waals surface area contributed by atoms with Gasteiger partial charge in [0.15, 0.2) is 5.82 Å². The number of esters is 1. The van der Waals surface area contributed by atoms with Crippen LogP contribution in [-0.4, -0.2) is 45.6 Å². The molecule has 0 radical (unpaired) electrons. The van der Waals surface area contributed by atoms with Crippen molar-refractivity contribution in [3.05, 3.63) is 10.8 Å². The topological polar surface area (TPSA) is 78.6 Å². The highest BCUT2D eigenvalue weighted by Gasteiger charge is 2.28. The maximum atomic E-state index is 12.0. The van der Waals surface area contributed by atoms with Crippen LogP contribution in [0.1, 0.15) is 49.4 Å². The quantitative estimate of drug-likeness (QED) is 0.783. The minimum atomic E-state index is -0.329. The monoisotopic (exact) mass is 310 g/mol. The molecule has 2 atom stereocenters. The summed E-state index contributed by atoms with van der Waals surface area (Å²) in [5.74, 6) is 0.501. The van der Waals surface area contributed by atoms with Crippen LogP contribution in [0.25, 0.3) is 4.96 Å². The van der Waals surface area contributed by atoms with Crippen molar-refractivity contribution in [3.8, 4) is 0 Å². The second-order valence-corrected chi connectivity index (χ2v) is 5.95. The molecule has 8 heteroatoms.